The Balaban J connectivity index is 2.29. The van der Waals surface area contributed by atoms with Crippen LogP contribution in [0.2, 0.25) is 0 Å². The van der Waals surface area contributed by atoms with Crippen molar-refractivity contribution in [1.29, 1.82) is 0 Å². The second kappa shape index (κ2) is 6.25. The van der Waals surface area contributed by atoms with Crippen LogP contribution in [0.1, 0.15) is 10.4 Å². The molecule has 20 heavy (non-hydrogen) atoms. The third-order valence-electron chi connectivity index (χ3n) is 2.53. The summed E-state index contributed by atoms with van der Waals surface area (Å²) in [6.45, 7) is 0. The van der Waals surface area contributed by atoms with Crippen LogP contribution in [0.4, 0.5) is 11.5 Å². The first kappa shape index (κ1) is 14.1. The largest absolute Gasteiger partial charge is 0.497 e. The van der Waals surface area contributed by atoms with Gasteiger partial charge in [-0.25, -0.2) is 4.79 Å². The highest BCUT2D eigenvalue weighted by atomic mass is 32.2. The Labute approximate surface area is 120 Å². The van der Waals surface area contributed by atoms with Gasteiger partial charge in [-0.15, -0.1) is 22.0 Å². The summed E-state index contributed by atoms with van der Waals surface area (Å²) in [6, 6.07) is 8.71. The van der Waals surface area contributed by atoms with Crippen molar-refractivity contribution in [1.82, 2.24) is 10.2 Å². The highest BCUT2D eigenvalue weighted by Crippen LogP contribution is 2.23. The number of carbonyl (C=O) groups is 1. The van der Waals surface area contributed by atoms with Crippen LogP contribution in [0.25, 0.3) is 0 Å². The van der Waals surface area contributed by atoms with Crippen molar-refractivity contribution in [2.24, 2.45) is 0 Å². The minimum atomic E-state index is -1.03. The Morgan fingerprint density at radius 1 is 1.35 bits per heavy atom. The fourth-order valence-corrected chi connectivity index (χ4v) is 2.08. The first-order valence-corrected chi connectivity index (χ1v) is 6.92. The molecule has 1 aromatic carbocycles. The summed E-state index contributed by atoms with van der Waals surface area (Å²) in [7, 11) is 1.58. The number of nitrogens with one attached hydrogen (secondary N) is 1. The molecule has 2 N–H and O–H groups in total. The maximum atomic E-state index is 11.2. The number of benzene rings is 1. The van der Waals surface area contributed by atoms with Crippen LogP contribution in [0, 0.1) is 0 Å². The third-order valence-corrected chi connectivity index (χ3v) is 3.21. The number of hydrogen-bond acceptors (Lipinski definition) is 6. The van der Waals surface area contributed by atoms with E-state index < -0.39 is 5.97 Å². The van der Waals surface area contributed by atoms with E-state index in [9.17, 15) is 4.79 Å². The molecule has 104 valence electrons. The summed E-state index contributed by atoms with van der Waals surface area (Å²) in [5.41, 5.74) is 0.866. The van der Waals surface area contributed by atoms with E-state index in [1.54, 1.807) is 19.4 Å². The SMILES string of the molecule is COc1cccc(Nc2cc(C(=O)O)c(SC)nn2)c1. The van der Waals surface area contributed by atoms with Gasteiger partial charge >= 0.3 is 5.97 Å². The van der Waals surface area contributed by atoms with Crippen LogP contribution in [0.3, 0.4) is 0 Å². The van der Waals surface area contributed by atoms with E-state index in [1.165, 1.54) is 17.8 Å². The zero-order valence-corrected chi connectivity index (χ0v) is 11.8. The van der Waals surface area contributed by atoms with Gasteiger partial charge in [0.25, 0.3) is 0 Å². The molecule has 0 aliphatic heterocycles. The van der Waals surface area contributed by atoms with Crippen LogP contribution in [0.15, 0.2) is 35.4 Å². The zero-order valence-electron chi connectivity index (χ0n) is 11.0. The number of thioether (sulfide) groups is 1. The van der Waals surface area contributed by atoms with Crippen molar-refractivity contribution in [3.8, 4) is 5.75 Å². The lowest BCUT2D eigenvalue weighted by molar-refractivity contribution is 0.0692. The fraction of sp³-hybridized carbons (Fsp3) is 0.154. The van der Waals surface area contributed by atoms with Gasteiger partial charge in [0, 0.05) is 11.8 Å². The van der Waals surface area contributed by atoms with Crippen LogP contribution in [-0.4, -0.2) is 34.6 Å². The number of nitrogens with zero attached hydrogens (tertiary/aromatic N) is 2. The van der Waals surface area contributed by atoms with Gasteiger partial charge in [-0.1, -0.05) is 6.07 Å². The molecule has 0 amide bonds. The minimum Gasteiger partial charge on any atom is -0.497 e. The fourth-order valence-electron chi connectivity index (χ4n) is 1.59. The molecule has 2 aromatic rings. The number of aromatic nitrogens is 2. The second-order valence-corrected chi connectivity index (χ2v) is 4.61. The summed E-state index contributed by atoms with van der Waals surface area (Å²) in [6.07, 6.45) is 1.76. The number of ether oxygens (including phenoxy) is 1. The Morgan fingerprint density at radius 3 is 2.80 bits per heavy atom. The molecule has 0 radical (unpaired) electrons. The van der Waals surface area contributed by atoms with Crippen molar-refractivity contribution in [3.05, 3.63) is 35.9 Å². The molecule has 0 atom stereocenters. The molecule has 2 rings (SSSR count). The molecule has 1 aromatic heterocycles. The topological polar surface area (TPSA) is 84.3 Å². The van der Waals surface area contributed by atoms with E-state index in [0.29, 0.717) is 16.6 Å². The average molecular weight is 291 g/mol. The normalized spacial score (nSPS) is 10.1. The van der Waals surface area contributed by atoms with E-state index in [1.807, 2.05) is 18.2 Å². The van der Waals surface area contributed by atoms with Gasteiger partial charge < -0.3 is 15.2 Å². The predicted molar refractivity (Wildman–Crippen MR) is 77.0 cm³/mol. The maximum absolute atomic E-state index is 11.2. The lowest BCUT2D eigenvalue weighted by Gasteiger charge is -2.08. The van der Waals surface area contributed by atoms with Crippen LogP contribution >= 0.6 is 11.8 Å². The molecule has 0 fully saturated rings. The highest BCUT2D eigenvalue weighted by molar-refractivity contribution is 7.98. The maximum Gasteiger partial charge on any atom is 0.338 e. The average Bonchev–Trinajstić information content (AvgIpc) is 2.47. The molecule has 6 nitrogen and oxygen atoms in total. The number of rotatable bonds is 5. The summed E-state index contributed by atoms with van der Waals surface area (Å²) in [4.78, 5) is 11.2. The smallest absolute Gasteiger partial charge is 0.338 e. The molecule has 0 saturated heterocycles. The quantitative estimate of drug-likeness (QED) is 0.819. The van der Waals surface area contributed by atoms with Gasteiger partial charge in [0.2, 0.25) is 0 Å². The van der Waals surface area contributed by atoms with Crippen molar-refractivity contribution in [2.75, 3.05) is 18.7 Å². The van der Waals surface area contributed by atoms with E-state index in [0.717, 1.165) is 5.69 Å². The molecular formula is C13H13N3O3S. The molecule has 0 saturated carbocycles. The van der Waals surface area contributed by atoms with E-state index in [2.05, 4.69) is 15.5 Å². The Bertz CT molecular complexity index is 634. The molecular weight excluding hydrogens is 278 g/mol. The van der Waals surface area contributed by atoms with Gasteiger partial charge in [-0.3, -0.25) is 0 Å². The van der Waals surface area contributed by atoms with E-state index in [-0.39, 0.29) is 5.56 Å². The predicted octanol–water partition coefficient (Wildman–Crippen LogP) is 2.65. The summed E-state index contributed by atoms with van der Waals surface area (Å²) in [5, 5.41) is 20.4. The van der Waals surface area contributed by atoms with E-state index >= 15 is 0 Å². The molecule has 0 aliphatic rings. The summed E-state index contributed by atoms with van der Waals surface area (Å²) < 4.78 is 5.12. The molecule has 0 unspecified atom stereocenters. The zero-order chi connectivity index (χ0) is 14.5. The first-order valence-electron chi connectivity index (χ1n) is 5.70. The molecule has 0 spiro atoms. The molecule has 0 aliphatic carbocycles. The van der Waals surface area contributed by atoms with Crippen molar-refractivity contribution >= 4 is 29.2 Å². The van der Waals surface area contributed by atoms with Gasteiger partial charge in [0.05, 0.1) is 12.7 Å². The van der Waals surface area contributed by atoms with Gasteiger partial charge in [0.1, 0.15) is 10.8 Å². The van der Waals surface area contributed by atoms with E-state index in [4.69, 9.17) is 9.84 Å². The Morgan fingerprint density at radius 2 is 2.15 bits per heavy atom. The van der Waals surface area contributed by atoms with Gasteiger partial charge in [0.15, 0.2) is 5.82 Å². The lowest BCUT2D eigenvalue weighted by Crippen LogP contribution is -2.05. The number of carboxylic acids is 1. The number of aromatic carboxylic acids is 1. The Kier molecular flexibility index (Phi) is 4.41. The second-order valence-electron chi connectivity index (χ2n) is 3.81. The minimum absolute atomic E-state index is 0.123. The monoisotopic (exact) mass is 291 g/mol. The molecule has 1 heterocycles. The van der Waals surface area contributed by atoms with Gasteiger partial charge in [-0.05, 0) is 24.5 Å². The molecule has 0 bridgehead atoms. The first-order chi connectivity index (χ1) is 9.63. The molecule has 7 heteroatoms. The number of carboxylic acid groups (broad SMARTS) is 1. The van der Waals surface area contributed by atoms with Gasteiger partial charge in [-0.2, -0.15) is 0 Å². The van der Waals surface area contributed by atoms with Crippen molar-refractivity contribution in [2.45, 2.75) is 5.03 Å². The van der Waals surface area contributed by atoms with Crippen LogP contribution < -0.4 is 10.1 Å². The van der Waals surface area contributed by atoms with Crippen molar-refractivity contribution < 1.29 is 14.6 Å². The summed E-state index contributed by atoms with van der Waals surface area (Å²) in [5.74, 6) is 0.0357. The number of methoxy groups -OCH3 is 1. The third kappa shape index (κ3) is 3.18. The van der Waals surface area contributed by atoms with Crippen LogP contribution in [-0.2, 0) is 0 Å². The van der Waals surface area contributed by atoms with Crippen LogP contribution in [0.5, 0.6) is 5.75 Å². The lowest BCUT2D eigenvalue weighted by atomic mass is 10.2. The highest BCUT2D eigenvalue weighted by Gasteiger charge is 2.13. The Hall–Kier alpha value is -2.28. The summed E-state index contributed by atoms with van der Waals surface area (Å²) >= 11 is 1.24. The number of anilines is 2. The standard InChI is InChI=1S/C13H13N3O3S/c1-19-9-5-3-4-8(6-9)14-11-7-10(13(17)18)12(20-2)16-15-11/h3-7H,1-2H3,(H,14,15)(H,17,18). The van der Waals surface area contributed by atoms with Crippen molar-refractivity contribution in [3.63, 3.8) is 0 Å². The number of hydrogen-bond donors (Lipinski definition) is 2.